The van der Waals surface area contributed by atoms with Crippen molar-refractivity contribution in [2.75, 3.05) is 7.11 Å². The number of aldehydes is 1. The first-order chi connectivity index (χ1) is 6.60. The molecule has 0 amide bonds. The molecule has 0 unspecified atom stereocenters. The summed E-state index contributed by atoms with van der Waals surface area (Å²) in [4.78, 5) is 20.9. The molecule has 15 heavy (non-hydrogen) atoms. The molecular weight excluding hydrogens is 211 g/mol. The molecule has 0 radical (unpaired) electrons. The largest absolute Gasteiger partial charge is 1.00 e. The van der Waals surface area contributed by atoms with Gasteiger partial charge in [-0.3, -0.25) is 4.79 Å². The van der Waals surface area contributed by atoms with Crippen molar-refractivity contribution in [3.05, 3.63) is 23.3 Å². The summed E-state index contributed by atoms with van der Waals surface area (Å²) in [7, 11) is 1.25. The monoisotopic (exact) mass is 218 g/mol. The number of aromatic carboxylic acids is 1. The van der Waals surface area contributed by atoms with Crippen LogP contribution in [-0.4, -0.2) is 24.5 Å². The molecule has 0 aromatic heterocycles. The molecule has 0 aliphatic heterocycles. The fourth-order valence-electron chi connectivity index (χ4n) is 1.01. The minimum atomic E-state index is -1.57. The van der Waals surface area contributed by atoms with Crippen LogP contribution in [0.3, 0.4) is 0 Å². The number of carboxylic acid groups (broad SMARTS) is 1. The van der Waals surface area contributed by atoms with Gasteiger partial charge >= 0.3 is 29.6 Å². The molecule has 0 atom stereocenters. The van der Waals surface area contributed by atoms with Crippen molar-refractivity contribution in [3.63, 3.8) is 0 Å². The number of methoxy groups -OCH3 is 1. The maximum atomic E-state index is 10.5. The summed E-state index contributed by atoms with van der Waals surface area (Å²) in [5.74, 6) is -2.18. The van der Waals surface area contributed by atoms with Crippen LogP contribution in [-0.2, 0) is 0 Å². The first kappa shape index (κ1) is 14.0. The van der Waals surface area contributed by atoms with Gasteiger partial charge in [0.05, 0.1) is 13.1 Å². The summed E-state index contributed by atoms with van der Waals surface area (Å²) in [6.07, 6.45) is 0.453. The van der Waals surface area contributed by atoms with Crippen molar-refractivity contribution in [3.8, 4) is 11.5 Å². The fraction of sp³-hybridized carbons (Fsp3) is 0.111. The number of phenols is 1. The Balaban J connectivity index is 0.00000196. The maximum Gasteiger partial charge on any atom is 1.00 e. The molecule has 6 heteroatoms. The minimum Gasteiger partial charge on any atom is -0.545 e. The van der Waals surface area contributed by atoms with Crippen LogP contribution in [0.4, 0.5) is 0 Å². The van der Waals surface area contributed by atoms with Crippen LogP contribution in [0.25, 0.3) is 0 Å². The maximum absolute atomic E-state index is 10.5. The Hall–Kier alpha value is -1.04. The summed E-state index contributed by atoms with van der Waals surface area (Å²) >= 11 is 0. The predicted molar refractivity (Wildman–Crippen MR) is 44.4 cm³/mol. The second kappa shape index (κ2) is 5.75. The Morgan fingerprint density at radius 3 is 2.53 bits per heavy atom. The van der Waals surface area contributed by atoms with Crippen LogP contribution in [0, 0.1) is 0 Å². The predicted octanol–water partition coefficient (Wildman–Crippen LogP) is -3.42. The number of hydrogen-bond acceptors (Lipinski definition) is 5. The summed E-state index contributed by atoms with van der Waals surface area (Å²) in [5, 5.41) is 19.8. The van der Waals surface area contributed by atoms with Crippen LogP contribution in [0.15, 0.2) is 12.1 Å². The molecule has 0 saturated heterocycles. The first-order valence-electron chi connectivity index (χ1n) is 3.67. The normalized spacial score (nSPS) is 8.87. The van der Waals surface area contributed by atoms with E-state index >= 15 is 0 Å². The van der Waals surface area contributed by atoms with Crippen LogP contribution in [0.1, 0.15) is 20.7 Å². The fourth-order valence-corrected chi connectivity index (χ4v) is 1.01. The molecule has 1 aromatic rings. The van der Waals surface area contributed by atoms with Gasteiger partial charge in [0.15, 0.2) is 11.5 Å². The Labute approximate surface area is 108 Å². The third-order valence-corrected chi connectivity index (χ3v) is 1.67. The van der Waals surface area contributed by atoms with Gasteiger partial charge in [0.25, 0.3) is 0 Å². The van der Waals surface area contributed by atoms with E-state index in [4.69, 9.17) is 0 Å². The average Bonchev–Trinajstić information content (AvgIpc) is 2.17. The molecule has 0 aliphatic rings. The average molecular weight is 218 g/mol. The Morgan fingerprint density at radius 1 is 1.53 bits per heavy atom. The SMILES string of the molecule is COc1cc(C=O)cc(C(=O)[O-])c1O.[Na+]. The van der Waals surface area contributed by atoms with Crippen molar-refractivity contribution >= 4 is 12.3 Å². The molecule has 1 rings (SSSR count). The Morgan fingerprint density at radius 2 is 2.13 bits per heavy atom. The van der Waals surface area contributed by atoms with E-state index in [9.17, 15) is 19.8 Å². The van der Waals surface area contributed by atoms with Crippen LogP contribution < -0.4 is 39.4 Å². The number of hydrogen-bond donors (Lipinski definition) is 1. The van der Waals surface area contributed by atoms with Gasteiger partial charge in [0.2, 0.25) is 0 Å². The van der Waals surface area contributed by atoms with Gasteiger partial charge < -0.3 is 19.7 Å². The third-order valence-electron chi connectivity index (χ3n) is 1.67. The van der Waals surface area contributed by atoms with E-state index in [-0.39, 0.29) is 40.9 Å². The summed E-state index contributed by atoms with van der Waals surface area (Å²) < 4.78 is 4.68. The molecule has 74 valence electrons. The van der Waals surface area contributed by atoms with Crippen molar-refractivity contribution < 1.29 is 54.1 Å². The van der Waals surface area contributed by atoms with Crippen molar-refractivity contribution in [1.29, 1.82) is 0 Å². The van der Waals surface area contributed by atoms with E-state index in [1.54, 1.807) is 0 Å². The van der Waals surface area contributed by atoms with Crippen molar-refractivity contribution in [2.45, 2.75) is 0 Å². The van der Waals surface area contributed by atoms with E-state index in [2.05, 4.69) is 4.74 Å². The van der Waals surface area contributed by atoms with Crippen molar-refractivity contribution in [1.82, 2.24) is 0 Å². The second-order valence-corrected chi connectivity index (χ2v) is 2.52. The van der Waals surface area contributed by atoms with E-state index < -0.39 is 17.3 Å². The second-order valence-electron chi connectivity index (χ2n) is 2.52. The van der Waals surface area contributed by atoms with Gasteiger partial charge in [-0.2, -0.15) is 0 Å². The number of benzene rings is 1. The number of carbonyl (C=O) groups is 2. The summed E-state index contributed by atoms with van der Waals surface area (Å²) in [5.41, 5.74) is -0.370. The van der Waals surface area contributed by atoms with E-state index in [1.807, 2.05) is 0 Å². The van der Waals surface area contributed by atoms with Gasteiger partial charge in [0.1, 0.15) is 6.29 Å². The van der Waals surface area contributed by atoms with Gasteiger partial charge in [0, 0.05) is 11.1 Å². The van der Waals surface area contributed by atoms with Gasteiger partial charge in [-0.15, -0.1) is 0 Å². The smallest absolute Gasteiger partial charge is 0.545 e. The first-order valence-corrected chi connectivity index (χ1v) is 3.67. The summed E-state index contributed by atoms with van der Waals surface area (Å²) in [6.45, 7) is 0. The molecule has 5 nitrogen and oxygen atoms in total. The quantitative estimate of drug-likeness (QED) is 0.421. The number of carbonyl (C=O) groups excluding carboxylic acids is 2. The van der Waals surface area contributed by atoms with Crippen LogP contribution in [0.5, 0.6) is 11.5 Å². The third kappa shape index (κ3) is 2.95. The molecule has 0 spiro atoms. The number of ether oxygens (including phenoxy) is 1. The number of rotatable bonds is 3. The zero-order valence-corrected chi connectivity index (χ0v) is 10.3. The number of carboxylic acids is 1. The van der Waals surface area contributed by atoms with E-state index in [1.165, 1.54) is 13.2 Å². The molecule has 1 N–H and O–H groups in total. The number of aromatic hydroxyl groups is 1. The van der Waals surface area contributed by atoms with E-state index in [0.717, 1.165) is 6.07 Å². The minimum absolute atomic E-state index is 0. The zero-order chi connectivity index (χ0) is 10.7. The molecule has 0 bridgehead atoms. The summed E-state index contributed by atoms with van der Waals surface area (Å²) in [6, 6.07) is 2.24. The molecule has 0 aliphatic carbocycles. The topological polar surface area (TPSA) is 86.7 Å². The van der Waals surface area contributed by atoms with Crippen LogP contribution in [0.2, 0.25) is 0 Å². The standard InChI is InChI=1S/C9H8O5.Na/c1-14-7-3-5(4-10)2-6(8(7)11)9(12)13;/h2-4,11H,1H3,(H,12,13);/q;+1/p-1. The zero-order valence-electron chi connectivity index (χ0n) is 8.31. The van der Waals surface area contributed by atoms with E-state index in [0.29, 0.717) is 6.29 Å². The molecule has 1 aromatic carbocycles. The molecular formula is C9H7NaO5. The Bertz CT molecular complexity index is 388. The van der Waals surface area contributed by atoms with Crippen LogP contribution >= 0.6 is 0 Å². The molecule has 0 fully saturated rings. The van der Waals surface area contributed by atoms with Crippen molar-refractivity contribution in [2.24, 2.45) is 0 Å². The van der Waals surface area contributed by atoms with Gasteiger partial charge in [-0.05, 0) is 12.1 Å². The van der Waals surface area contributed by atoms with Gasteiger partial charge in [-0.1, -0.05) is 0 Å². The Kier molecular flexibility index (Phi) is 5.35. The molecule has 0 saturated carbocycles. The molecule has 0 heterocycles. The van der Waals surface area contributed by atoms with Gasteiger partial charge in [-0.25, -0.2) is 0 Å².